The zero-order chi connectivity index (χ0) is 21.7. The van der Waals surface area contributed by atoms with Gasteiger partial charge in [0.2, 0.25) is 11.8 Å². The molecule has 30 heavy (non-hydrogen) atoms. The fourth-order valence-electron chi connectivity index (χ4n) is 3.78. The summed E-state index contributed by atoms with van der Waals surface area (Å²) < 4.78 is 11.5. The number of rotatable bonds is 8. The van der Waals surface area contributed by atoms with Crippen LogP contribution in [0.3, 0.4) is 0 Å². The second kappa shape index (κ2) is 9.98. The van der Waals surface area contributed by atoms with E-state index in [9.17, 15) is 9.59 Å². The molecule has 3 rings (SSSR count). The van der Waals surface area contributed by atoms with Crippen molar-refractivity contribution >= 4 is 23.2 Å². The Bertz CT molecular complexity index is 880. The van der Waals surface area contributed by atoms with Crippen molar-refractivity contribution in [2.45, 2.75) is 33.2 Å². The predicted octanol–water partition coefficient (Wildman–Crippen LogP) is 3.77. The highest BCUT2D eigenvalue weighted by atomic mass is 32.1. The minimum absolute atomic E-state index is 0.0451. The zero-order valence-electron chi connectivity index (χ0n) is 18.1. The molecule has 0 radical (unpaired) electrons. The molecule has 0 N–H and O–H groups in total. The number of para-hydroxylation sites is 2. The van der Waals surface area contributed by atoms with E-state index < -0.39 is 0 Å². The Morgan fingerprint density at radius 2 is 1.97 bits per heavy atom. The maximum absolute atomic E-state index is 13.2. The SMILES string of the molecule is COc1ccccc1OCC1c2ccsc2CCN1C(=O)CN(CC(C)C)C(C)=O. The number of fused-ring (bicyclic) bond motifs is 1. The van der Waals surface area contributed by atoms with Crippen molar-refractivity contribution in [3.63, 3.8) is 0 Å². The van der Waals surface area contributed by atoms with E-state index in [-0.39, 0.29) is 24.4 Å². The Morgan fingerprint density at radius 1 is 1.23 bits per heavy atom. The molecule has 2 amide bonds. The smallest absolute Gasteiger partial charge is 0.242 e. The van der Waals surface area contributed by atoms with Gasteiger partial charge in [-0.1, -0.05) is 26.0 Å². The molecule has 1 atom stereocenters. The molecule has 0 saturated heterocycles. The highest BCUT2D eigenvalue weighted by Crippen LogP contribution is 2.35. The lowest BCUT2D eigenvalue weighted by molar-refractivity contribution is -0.142. The van der Waals surface area contributed by atoms with E-state index in [1.54, 1.807) is 23.3 Å². The molecule has 2 heterocycles. The highest BCUT2D eigenvalue weighted by molar-refractivity contribution is 7.10. The summed E-state index contributed by atoms with van der Waals surface area (Å²) in [5.41, 5.74) is 1.13. The van der Waals surface area contributed by atoms with E-state index in [4.69, 9.17) is 9.47 Å². The van der Waals surface area contributed by atoms with Crippen molar-refractivity contribution in [2.75, 3.05) is 33.4 Å². The number of carbonyl (C=O) groups is 2. The Hall–Kier alpha value is -2.54. The topological polar surface area (TPSA) is 59.1 Å². The number of thiophene rings is 1. The van der Waals surface area contributed by atoms with E-state index in [1.807, 2.05) is 43.0 Å². The van der Waals surface area contributed by atoms with Crippen LogP contribution in [0, 0.1) is 5.92 Å². The van der Waals surface area contributed by atoms with Crippen LogP contribution in [0.4, 0.5) is 0 Å². The molecule has 6 nitrogen and oxygen atoms in total. The molecule has 7 heteroatoms. The van der Waals surface area contributed by atoms with Crippen molar-refractivity contribution in [1.29, 1.82) is 0 Å². The fraction of sp³-hybridized carbons (Fsp3) is 0.478. The van der Waals surface area contributed by atoms with Crippen molar-refractivity contribution < 1.29 is 19.1 Å². The van der Waals surface area contributed by atoms with Crippen molar-refractivity contribution in [2.24, 2.45) is 5.92 Å². The number of methoxy groups -OCH3 is 1. The van der Waals surface area contributed by atoms with Gasteiger partial charge in [-0.15, -0.1) is 11.3 Å². The van der Waals surface area contributed by atoms with Gasteiger partial charge in [-0.25, -0.2) is 0 Å². The number of amides is 2. The average Bonchev–Trinajstić information content (AvgIpc) is 3.20. The lowest BCUT2D eigenvalue weighted by Crippen LogP contribution is -2.48. The summed E-state index contributed by atoms with van der Waals surface area (Å²) in [7, 11) is 1.61. The summed E-state index contributed by atoms with van der Waals surface area (Å²) in [6.07, 6.45) is 0.828. The number of hydrogen-bond acceptors (Lipinski definition) is 5. The highest BCUT2D eigenvalue weighted by Gasteiger charge is 2.33. The van der Waals surface area contributed by atoms with Crippen LogP contribution >= 0.6 is 11.3 Å². The molecule has 162 valence electrons. The fourth-order valence-corrected chi connectivity index (χ4v) is 4.71. The monoisotopic (exact) mass is 430 g/mol. The second-order valence-corrected chi connectivity index (χ2v) is 8.91. The van der Waals surface area contributed by atoms with E-state index in [0.29, 0.717) is 37.1 Å². The molecule has 1 aliphatic heterocycles. The van der Waals surface area contributed by atoms with Gasteiger partial charge in [0, 0.05) is 24.9 Å². The summed E-state index contributed by atoms with van der Waals surface area (Å²) in [6.45, 7) is 7.23. The molecule has 1 aromatic heterocycles. The largest absolute Gasteiger partial charge is 0.493 e. The predicted molar refractivity (Wildman–Crippen MR) is 118 cm³/mol. The van der Waals surface area contributed by atoms with E-state index in [2.05, 4.69) is 11.4 Å². The lowest BCUT2D eigenvalue weighted by atomic mass is 10.0. The first-order valence-corrected chi connectivity index (χ1v) is 11.2. The van der Waals surface area contributed by atoms with Crippen LogP contribution in [-0.4, -0.2) is 55.0 Å². The van der Waals surface area contributed by atoms with Gasteiger partial charge in [-0.2, -0.15) is 0 Å². The van der Waals surface area contributed by atoms with Gasteiger partial charge in [0.05, 0.1) is 19.7 Å². The summed E-state index contributed by atoms with van der Waals surface area (Å²) in [4.78, 5) is 30.0. The number of ether oxygens (including phenoxy) is 2. The molecule has 1 aliphatic rings. The maximum Gasteiger partial charge on any atom is 0.242 e. The summed E-state index contributed by atoms with van der Waals surface area (Å²) in [6, 6.07) is 9.39. The van der Waals surface area contributed by atoms with Crippen molar-refractivity contribution in [1.82, 2.24) is 9.80 Å². The number of carbonyl (C=O) groups excluding carboxylic acids is 2. The minimum Gasteiger partial charge on any atom is -0.493 e. The molecule has 0 bridgehead atoms. The third kappa shape index (κ3) is 5.14. The summed E-state index contributed by atoms with van der Waals surface area (Å²) in [5, 5.41) is 2.06. The van der Waals surface area contributed by atoms with Crippen LogP contribution in [0.25, 0.3) is 0 Å². The minimum atomic E-state index is -0.190. The average molecular weight is 431 g/mol. The summed E-state index contributed by atoms with van der Waals surface area (Å²) >= 11 is 1.72. The zero-order valence-corrected chi connectivity index (χ0v) is 18.9. The third-order valence-corrected chi connectivity index (χ3v) is 6.23. The van der Waals surface area contributed by atoms with Crippen LogP contribution in [0.15, 0.2) is 35.7 Å². The lowest BCUT2D eigenvalue weighted by Gasteiger charge is -2.37. The van der Waals surface area contributed by atoms with Gasteiger partial charge in [0.15, 0.2) is 11.5 Å². The molecule has 0 spiro atoms. The molecule has 0 saturated carbocycles. The molecule has 0 aliphatic carbocycles. The Morgan fingerprint density at radius 3 is 2.63 bits per heavy atom. The first kappa shape index (κ1) is 22.2. The Balaban J connectivity index is 1.78. The van der Waals surface area contributed by atoms with Crippen LogP contribution in [0.2, 0.25) is 0 Å². The Kier molecular flexibility index (Phi) is 7.37. The quantitative estimate of drug-likeness (QED) is 0.640. The van der Waals surface area contributed by atoms with Crippen molar-refractivity contribution in [3.05, 3.63) is 46.2 Å². The van der Waals surface area contributed by atoms with Gasteiger partial charge in [-0.05, 0) is 41.5 Å². The number of nitrogens with zero attached hydrogens (tertiary/aromatic N) is 2. The number of hydrogen-bond donors (Lipinski definition) is 0. The van der Waals surface area contributed by atoms with Crippen molar-refractivity contribution in [3.8, 4) is 11.5 Å². The van der Waals surface area contributed by atoms with Gasteiger partial charge in [0.25, 0.3) is 0 Å². The summed E-state index contributed by atoms with van der Waals surface area (Å²) in [5.74, 6) is 1.50. The van der Waals surface area contributed by atoms with Crippen LogP contribution < -0.4 is 9.47 Å². The first-order valence-electron chi connectivity index (χ1n) is 10.3. The van der Waals surface area contributed by atoms with Gasteiger partial charge < -0.3 is 19.3 Å². The molecular weight excluding hydrogens is 400 g/mol. The third-order valence-electron chi connectivity index (χ3n) is 5.24. The molecule has 1 unspecified atom stereocenters. The molecule has 1 aromatic carbocycles. The molecular formula is C23H30N2O4S. The van der Waals surface area contributed by atoms with Crippen LogP contribution in [-0.2, 0) is 16.0 Å². The Labute approximate surface area is 182 Å². The van der Waals surface area contributed by atoms with Gasteiger partial charge >= 0.3 is 0 Å². The number of benzene rings is 1. The standard InChI is InChI=1S/C23H30N2O4S/c1-16(2)13-24(17(3)26)14-23(27)25-11-9-22-18(10-12-30-22)19(25)15-29-21-8-6-5-7-20(21)28-4/h5-8,10,12,16,19H,9,11,13-15H2,1-4H3. The van der Waals surface area contributed by atoms with E-state index >= 15 is 0 Å². The van der Waals surface area contributed by atoms with Gasteiger partial charge in [-0.3, -0.25) is 9.59 Å². The van der Waals surface area contributed by atoms with E-state index in [1.165, 1.54) is 11.8 Å². The maximum atomic E-state index is 13.2. The second-order valence-electron chi connectivity index (χ2n) is 7.91. The molecule has 0 fully saturated rings. The normalized spacial score (nSPS) is 15.6. The van der Waals surface area contributed by atoms with Crippen LogP contribution in [0.5, 0.6) is 11.5 Å². The van der Waals surface area contributed by atoms with E-state index in [0.717, 1.165) is 12.0 Å². The first-order chi connectivity index (χ1) is 14.4. The molecule has 2 aromatic rings. The van der Waals surface area contributed by atoms with Crippen LogP contribution in [0.1, 0.15) is 37.3 Å². The van der Waals surface area contributed by atoms with Gasteiger partial charge in [0.1, 0.15) is 6.61 Å².